The Morgan fingerprint density at radius 3 is 2.64 bits per heavy atom. The Labute approximate surface area is 163 Å². The zero-order chi connectivity index (χ0) is 19.3. The van der Waals surface area contributed by atoms with Crippen LogP contribution in [-0.2, 0) is 27.2 Å². The van der Waals surface area contributed by atoms with Crippen molar-refractivity contribution < 1.29 is 19.1 Å². The van der Waals surface area contributed by atoms with Crippen LogP contribution in [0.2, 0.25) is 0 Å². The first-order valence-electron chi connectivity index (χ1n) is 9.52. The van der Waals surface area contributed by atoms with Gasteiger partial charge in [0.15, 0.2) is 13.2 Å². The van der Waals surface area contributed by atoms with E-state index in [2.05, 4.69) is 5.10 Å². The minimum Gasteiger partial charge on any atom is -0.482 e. The van der Waals surface area contributed by atoms with Gasteiger partial charge in [0.1, 0.15) is 5.75 Å². The summed E-state index contributed by atoms with van der Waals surface area (Å²) in [7, 11) is 0. The average Bonchev–Trinajstić information content (AvgIpc) is 3.40. The van der Waals surface area contributed by atoms with Crippen molar-refractivity contribution >= 4 is 17.6 Å². The first-order chi connectivity index (χ1) is 13.7. The van der Waals surface area contributed by atoms with E-state index in [4.69, 9.17) is 9.47 Å². The Morgan fingerprint density at radius 1 is 0.964 bits per heavy atom. The van der Waals surface area contributed by atoms with E-state index in [1.165, 1.54) is 16.1 Å². The molecule has 0 atom stereocenters. The van der Waals surface area contributed by atoms with Crippen LogP contribution in [0.1, 0.15) is 29.5 Å². The van der Waals surface area contributed by atoms with Gasteiger partial charge in [-0.05, 0) is 48.1 Å². The zero-order valence-electron chi connectivity index (χ0n) is 15.6. The highest BCUT2D eigenvalue weighted by Gasteiger charge is 2.22. The summed E-state index contributed by atoms with van der Waals surface area (Å²) in [6.45, 7) is -0.0607. The van der Waals surface area contributed by atoms with E-state index >= 15 is 0 Å². The lowest BCUT2D eigenvalue weighted by Gasteiger charge is -2.12. The number of esters is 1. The zero-order valence-corrected chi connectivity index (χ0v) is 15.6. The lowest BCUT2D eigenvalue weighted by atomic mass is 10.1. The molecule has 0 radical (unpaired) electrons. The van der Waals surface area contributed by atoms with Gasteiger partial charge < -0.3 is 9.47 Å². The third kappa shape index (κ3) is 4.22. The summed E-state index contributed by atoms with van der Waals surface area (Å²) >= 11 is 0. The number of ether oxygens (including phenoxy) is 2. The van der Waals surface area contributed by atoms with Gasteiger partial charge in [0.25, 0.3) is 5.91 Å². The van der Waals surface area contributed by atoms with Crippen LogP contribution in [0.4, 0.5) is 0 Å². The molecule has 1 heterocycles. The molecule has 4 rings (SSSR count). The average molecular weight is 378 g/mol. The third-order valence-electron chi connectivity index (χ3n) is 4.98. The maximum atomic E-state index is 12.2. The van der Waals surface area contributed by atoms with E-state index in [1.807, 2.05) is 48.5 Å². The second kappa shape index (κ2) is 8.25. The van der Waals surface area contributed by atoms with Crippen LogP contribution in [0.3, 0.4) is 0 Å². The van der Waals surface area contributed by atoms with Crippen molar-refractivity contribution in [3.8, 4) is 5.75 Å². The summed E-state index contributed by atoms with van der Waals surface area (Å²) < 4.78 is 10.5. The molecule has 0 fully saturated rings. The van der Waals surface area contributed by atoms with Crippen LogP contribution in [0.5, 0.6) is 5.75 Å². The summed E-state index contributed by atoms with van der Waals surface area (Å²) in [5.74, 6) is -0.252. The Balaban J connectivity index is 1.23. The van der Waals surface area contributed by atoms with E-state index < -0.39 is 5.97 Å². The Hall–Kier alpha value is -3.15. The highest BCUT2D eigenvalue weighted by molar-refractivity contribution is 6.02. The molecule has 0 unspecified atom stereocenters. The van der Waals surface area contributed by atoms with Crippen molar-refractivity contribution in [2.75, 3.05) is 19.8 Å². The molecule has 2 aromatic carbocycles. The number of benzene rings is 2. The van der Waals surface area contributed by atoms with Gasteiger partial charge in [-0.3, -0.25) is 4.79 Å². The van der Waals surface area contributed by atoms with Crippen LogP contribution in [0, 0.1) is 0 Å². The molecule has 6 nitrogen and oxygen atoms in total. The van der Waals surface area contributed by atoms with E-state index in [1.54, 1.807) is 0 Å². The second-order valence-corrected chi connectivity index (χ2v) is 6.91. The summed E-state index contributed by atoms with van der Waals surface area (Å²) in [5.41, 5.74) is 4.49. The minimum atomic E-state index is -0.569. The number of nitrogens with zero attached hydrogens (tertiary/aromatic N) is 2. The van der Waals surface area contributed by atoms with Crippen molar-refractivity contribution in [2.24, 2.45) is 5.10 Å². The Kier molecular flexibility index (Phi) is 5.37. The number of hydrogen-bond acceptors (Lipinski definition) is 5. The first-order valence-corrected chi connectivity index (χ1v) is 9.52. The SMILES string of the molecule is O=C(COc1ccc2c(c1)CCC2)OCC(=O)N1CCC(c2ccccc2)=N1. The minimum absolute atomic E-state index is 0.218. The monoisotopic (exact) mass is 378 g/mol. The maximum Gasteiger partial charge on any atom is 0.344 e. The van der Waals surface area contributed by atoms with Gasteiger partial charge in [0.2, 0.25) is 0 Å². The number of amides is 1. The van der Waals surface area contributed by atoms with E-state index in [0.29, 0.717) is 18.7 Å². The number of aryl methyl sites for hydroxylation is 2. The van der Waals surface area contributed by atoms with Crippen molar-refractivity contribution in [3.63, 3.8) is 0 Å². The summed E-state index contributed by atoms with van der Waals surface area (Å²) in [6.07, 6.45) is 4.00. The molecule has 2 aliphatic rings. The molecule has 2 aromatic rings. The number of rotatable bonds is 6. The van der Waals surface area contributed by atoms with Crippen LogP contribution in [0.25, 0.3) is 0 Å². The molecule has 0 aromatic heterocycles. The maximum absolute atomic E-state index is 12.2. The molecular weight excluding hydrogens is 356 g/mol. The molecule has 0 spiro atoms. The molecule has 144 valence electrons. The first kappa shape index (κ1) is 18.2. The van der Waals surface area contributed by atoms with Gasteiger partial charge in [0.05, 0.1) is 12.3 Å². The molecule has 6 heteroatoms. The van der Waals surface area contributed by atoms with Gasteiger partial charge in [0, 0.05) is 6.42 Å². The number of hydrogen-bond donors (Lipinski definition) is 0. The molecule has 0 N–H and O–H groups in total. The summed E-state index contributed by atoms with van der Waals surface area (Å²) in [6, 6.07) is 15.6. The van der Waals surface area contributed by atoms with Crippen molar-refractivity contribution in [3.05, 3.63) is 65.2 Å². The number of carbonyl (C=O) groups excluding carboxylic acids is 2. The summed E-state index contributed by atoms with van der Waals surface area (Å²) in [5, 5.41) is 5.70. The second-order valence-electron chi connectivity index (χ2n) is 6.91. The topological polar surface area (TPSA) is 68.2 Å². The quantitative estimate of drug-likeness (QED) is 0.725. The van der Waals surface area contributed by atoms with Gasteiger partial charge in [-0.25, -0.2) is 9.80 Å². The predicted octanol–water partition coefficient (Wildman–Crippen LogP) is 2.73. The van der Waals surface area contributed by atoms with Crippen LogP contribution in [0.15, 0.2) is 53.6 Å². The van der Waals surface area contributed by atoms with Crippen molar-refractivity contribution in [2.45, 2.75) is 25.7 Å². The van der Waals surface area contributed by atoms with Crippen LogP contribution < -0.4 is 4.74 Å². The van der Waals surface area contributed by atoms with Crippen molar-refractivity contribution in [1.29, 1.82) is 0 Å². The van der Waals surface area contributed by atoms with Crippen molar-refractivity contribution in [1.82, 2.24) is 5.01 Å². The van der Waals surface area contributed by atoms with Gasteiger partial charge >= 0.3 is 5.97 Å². The molecule has 1 aliphatic carbocycles. The van der Waals surface area contributed by atoms with E-state index in [9.17, 15) is 9.59 Å². The molecule has 0 bridgehead atoms. The van der Waals surface area contributed by atoms with Crippen LogP contribution >= 0.6 is 0 Å². The molecule has 0 saturated carbocycles. The lowest BCUT2D eigenvalue weighted by molar-refractivity contribution is -0.153. The van der Waals surface area contributed by atoms with Gasteiger partial charge in [-0.15, -0.1) is 0 Å². The normalized spacial score (nSPS) is 15.1. The molecule has 1 aliphatic heterocycles. The van der Waals surface area contributed by atoms with E-state index in [-0.39, 0.29) is 19.1 Å². The smallest absolute Gasteiger partial charge is 0.344 e. The Bertz CT molecular complexity index is 908. The molecule has 1 amide bonds. The fourth-order valence-corrected chi connectivity index (χ4v) is 3.51. The predicted molar refractivity (Wildman–Crippen MR) is 104 cm³/mol. The number of fused-ring (bicyclic) bond motifs is 1. The van der Waals surface area contributed by atoms with Gasteiger partial charge in [-0.2, -0.15) is 5.10 Å². The standard InChI is InChI=1S/C22H22N2O4/c25-21(24-12-11-20(23-24)17-5-2-1-3-6-17)14-28-22(26)15-27-19-10-9-16-7-4-8-18(16)13-19/h1-3,5-6,9-10,13H,4,7-8,11-12,14-15H2. The molecular formula is C22H22N2O4. The number of carbonyl (C=O) groups is 2. The highest BCUT2D eigenvalue weighted by atomic mass is 16.6. The highest BCUT2D eigenvalue weighted by Crippen LogP contribution is 2.26. The third-order valence-corrected chi connectivity index (χ3v) is 4.98. The van der Waals surface area contributed by atoms with Crippen LogP contribution in [-0.4, -0.2) is 42.4 Å². The molecule has 0 saturated heterocycles. The summed E-state index contributed by atoms with van der Waals surface area (Å²) in [4.78, 5) is 24.1. The number of hydrazone groups is 1. The Morgan fingerprint density at radius 2 is 1.79 bits per heavy atom. The lowest BCUT2D eigenvalue weighted by Crippen LogP contribution is -2.29. The van der Waals surface area contributed by atoms with E-state index in [0.717, 1.165) is 30.5 Å². The largest absolute Gasteiger partial charge is 0.482 e. The molecule has 28 heavy (non-hydrogen) atoms. The fraction of sp³-hybridized carbons (Fsp3) is 0.318. The fourth-order valence-electron chi connectivity index (χ4n) is 3.51. The van der Waals surface area contributed by atoms with Gasteiger partial charge in [-0.1, -0.05) is 36.4 Å².